The van der Waals surface area contributed by atoms with E-state index in [0.29, 0.717) is 28.3 Å². The first-order valence-corrected chi connectivity index (χ1v) is 10.5. The minimum atomic E-state index is -0.566. The lowest BCUT2D eigenvalue weighted by atomic mass is 10.1. The number of carbonyl (C=O) groups is 1. The highest BCUT2D eigenvalue weighted by atomic mass is 35.5. The predicted octanol–water partition coefficient (Wildman–Crippen LogP) is 6.37. The summed E-state index contributed by atoms with van der Waals surface area (Å²) in [5, 5.41) is 5.24. The van der Waals surface area contributed by atoms with Crippen molar-refractivity contribution < 1.29 is 9.18 Å². The van der Waals surface area contributed by atoms with Crippen molar-refractivity contribution in [3.8, 4) is 11.3 Å². The Balaban J connectivity index is 1.58. The van der Waals surface area contributed by atoms with Crippen LogP contribution in [-0.2, 0) is 0 Å². The highest BCUT2D eigenvalue weighted by Crippen LogP contribution is 2.27. The molecule has 2 aromatic rings. The monoisotopic (exact) mass is 462 g/mol. The molecule has 6 nitrogen and oxygen atoms in total. The van der Waals surface area contributed by atoms with E-state index in [1.807, 2.05) is 43.3 Å². The van der Waals surface area contributed by atoms with Crippen LogP contribution in [0.4, 0.5) is 26.2 Å². The van der Waals surface area contributed by atoms with Crippen LogP contribution in [0.15, 0.2) is 76.5 Å². The molecule has 2 aliphatic rings. The van der Waals surface area contributed by atoms with Crippen LogP contribution in [-0.4, -0.2) is 16.7 Å². The molecule has 2 aromatic carbocycles. The number of halogens is 2. The number of anilines is 2. The summed E-state index contributed by atoms with van der Waals surface area (Å²) in [7, 11) is 0. The molecule has 8 heteroatoms. The zero-order valence-corrected chi connectivity index (χ0v) is 18.6. The van der Waals surface area contributed by atoms with Crippen molar-refractivity contribution in [3.05, 3.63) is 99.1 Å². The molecule has 0 unspecified atom stereocenters. The summed E-state index contributed by atoms with van der Waals surface area (Å²) < 4.78 is 13.3. The second-order valence-corrected chi connectivity index (χ2v) is 7.88. The van der Waals surface area contributed by atoms with Crippen LogP contribution in [0.1, 0.15) is 18.1 Å². The van der Waals surface area contributed by atoms with Crippen molar-refractivity contribution in [1.82, 2.24) is 4.98 Å². The minimum absolute atomic E-state index is 0.0844. The van der Waals surface area contributed by atoms with Gasteiger partial charge in [-0.3, -0.25) is 9.79 Å². The maximum absolute atomic E-state index is 13.3. The van der Waals surface area contributed by atoms with E-state index in [-0.39, 0.29) is 10.6 Å². The fourth-order valence-corrected chi connectivity index (χ4v) is 3.63. The molecule has 0 atom stereocenters. The molecule has 0 saturated heterocycles. The molecule has 1 aliphatic carbocycles. The first kappa shape index (κ1) is 22.2. The molecule has 4 rings (SSSR count). The van der Waals surface area contributed by atoms with Crippen LogP contribution in [0.25, 0.3) is 11.3 Å². The number of benzene rings is 2. The number of carbonyl (C=O) groups excluding carboxylic acids is 1. The first-order chi connectivity index (χ1) is 15.8. The molecule has 1 heterocycles. The number of aliphatic imine (C=N–C) groups is 1. The van der Waals surface area contributed by atoms with Crippen molar-refractivity contribution in [2.24, 2.45) is 4.99 Å². The van der Waals surface area contributed by atoms with Crippen molar-refractivity contribution in [2.75, 3.05) is 10.6 Å². The average Bonchev–Trinajstić information content (AvgIpc) is 2.91. The average molecular weight is 463 g/mol. The van der Waals surface area contributed by atoms with E-state index >= 15 is 0 Å². The van der Waals surface area contributed by atoms with Gasteiger partial charge in [-0.25, -0.2) is 9.18 Å². The van der Waals surface area contributed by atoms with Gasteiger partial charge in [-0.2, -0.15) is 0 Å². The smallest absolute Gasteiger partial charge is 0.321 e. The van der Waals surface area contributed by atoms with Gasteiger partial charge in [0.1, 0.15) is 5.82 Å². The Labute approximate surface area is 194 Å². The van der Waals surface area contributed by atoms with Gasteiger partial charge in [0.05, 0.1) is 22.0 Å². The second kappa shape index (κ2) is 9.26. The fraction of sp³-hybridized carbons (Fsp3) is 0.0800. The van der Waals surface area contributed by atoms with Gasteiger partial charge < -0.3 is 15.6 Å². The summed E-state index contributed by atoms with van der Waals surface area (Å²) >= 11 is 5.76. The van der Waals surface area contributed by atoms with Crippen LogP contribution in [0.3, 0.4) is 0 Å². The SMILES string of the molecule is CC(=Nc1cc(NC(=O)Nc2ccc(F)c(Cl)c2)ccc1C)c1c2cccccc-2[nH]c1=O. The van der Waals surface area contributed by atoms with Gasteiger partial charge in [-0.1, -0.05) is 41.9 Å². The van der Waals surface area contributed by atoms with Crippen LogP contribution >= 0.6 is 11.6 Å². The third kappa shape index (κ3) is 4.94. The topological polar surface area (TPSA) is 86.3 Å². The number of urea groups is 1. The Morgan fingerprint density at radius 1 is 1.00 bits per heavy atom. The van der Waals surface area contributed by atoms with Gasteiger partial charge in [0.25, 0.3) is 5.56 Å². The molecule has 0 saturated carbocycles. The number of fused-ring (bicyclic) bond motifs is 1. The number of aromatic amines is 1. The maximum atomic E-state index is 13.3. The first-order valence-electron chi connectivity index (χ1n) is 10.1. The molecule has 0 spiro atoms. The molecular weight excluding hydrogens is 443 g/mol. The summed E-state index contributed by atoms with van der Waals surface area (Å²) in [6.07, 6.45) is 0. The lowest BCUT2D eigenvalue weighted by Crippen LogP contribution is -2.19. The van der Waals surface area contributed by atoms with Gasteiger partial charge in [-0.05, 0) is 55.8 Å². The normalized spacial score (nSPS) is 11.5. The molecular formula is C25H20ClFN4O2. The lowest BCUT2D eigenvalue weighted by molar-refractivity contribution is 0.262. The number of hydrogen-bond acceptors (Lipinski definition) is 3. The van der Waals surface area contributed by atoms with Gasteiger partial charge in [-0.15, -0.1) is 0 Å². The van der Waals surface area contributed by atoms with Crippen molar-refractivity contribution >= 4 is 40.4 Å². The summed E-state index contributed by atoms with van der Waals surface area (Å²) in [4.78, 5) is 32.5. The molecule has 166 valence electrons. The lowest BCUT2D eigenvalue weighted by Gasteiger charge is -2.10. The summed E-state index contributed by atoms with van der Waals surface area (Å²) in [5.41, 5.74) is 4.73. The highest BCUT2D eigenvalue weighted by Gasteiger charge is 2.16. The number of H-pyrrole nitrogens is 1. The molecule has 33 heavy (non-hydrogen) atoms. The Kier molecular flexibility index (Phi) is 6.24. The molecule has 0 bridgehead atoms. The van der Waals surface area contributed by atoms with E-state index in [1.54, 1.807) is 19.1 Å². The largest absolute Gasteiger partial charge is 0.323 e. The number of hydrogen-bond donors (Lipinski definition) is 3. The van der Waals surface area contributed by atoms with Crippen molar-refractivity contribution in [2.45, 2.75) is 13.8 Å². The van der Waals surface area contributed by atoms with Crippen molar-refractivity contribution in [3.63, 3.8) is 0 Å². The van der Waals surface area contributed by atoms with E-state index in [1.165, 1.54) is 18.2 Å². The number of rotatable bonds is 4. The molecule has 3 N–H and O–H groups in total. The highest BCUT2D eigenvalue weighted by molar-refractivity contribution is 6.31. The zero-order chi connectivity index (χ0) is 23.5. The van der Waals surface area contributed by atoms with Crippen LogP contribution in [0.5, 0.6) is 0 Å². The van der Waals surface area contributed by atoms with Crippen LogP contribution < -0.4 is 16.2 Å². The van der Waals surface area contributed by atoms with E-state index < -0.39 is 11.8 Å². The molecule has 0 aromatic heterocycles. The fourth-order valence-electron chi connectivity index (χ4n) is 3.45. The third-order valence-electron chi connectivity index (χ3n) is 5.08. The Morgan fingerprint density at radius 2 is 1.70 bits per heavy atom. The molecule has 0 radical (unpaired) electrons. The van der Waals surface area contributed by atoms with Crippen LogP contribution in [0, 0.1) is 12.7 Å². The quantitative estimate of drug-likeness (QED) is 0.308. The standard InChI is InChI=1S/C25H20ClFN4O2/c1-14-8-9-17(30-25(33)29-16-10-11-20(27)19(26)12-16)13-22(14)28-15(2)23-18-6-4-3-5-7-21(18)31-24(23)32/h3-13H,1-2H3,(H,31,32)(H2,29,30,33). The van der Waals surface area contributed by atoms with Crippen molar-refractivity contribution in [1.29, 1.82) is 0 Å². The van der Waals surface area contributed by atoms with E-state index in [0.717, 1.165) is 16.8 Å². The second-order valence-electron chi connectivity index (χ2n) is 7.47. The Bertz CT molecular complexity index is 1410. The Morgan fingerprint density at radius 3 is 2.45 bits per heavy atom. The number of nitrogens with one attached hydrogen (secondary N) is 3. The summed E-state index contributed by atoms with van der Waals surface area (Å²) in [6, 6.07) is 18.0. The number of amides is 2. The number of aromatic nitrogens is 1. The van der Waals surface area contributed by atoms with Gasteiger partial charge in [0.2, 0.25) is 0 Å². The van der Waals surface area contributed by atoms with Crippen LogP contribution in [0.2, 0.25) is 5.02 Å². The van der Waals surface area contributed by atoms with Gasteiger partial charge in [0.15, 0.2) is 0 Å². The van der Waals surface area contributed by atoms with Gasteiger partial charge >= 0.3 is 6.03 Å². The van der Waals surface area contributed by atoms with E-state index in [9.17, 15) is 14.0 Å². The maximum Gasteiger partial charge on any atom is 0.323 e. The summed E-state index contributed by atoms with van der Waals surface area (Å²) in [6.45, 7) is 3.67. The summed E-state index contributed by atoms with van der Waals surface area (Å²) in [5.74, 6) is -0.566. The predicted molar refractivity (Wildman–Crippen MR) is 131 cm³/mol. The Hall–Kier alpha value is -3.97. The minimum Gasteiger partial charge on any atom is -0.321 e. The third-order valence-corrected chi connectivity index (χ3v) is 5.37. The number of nitrogens with zero attached hydrogens (tertiary/aromatic N) is 1. The zero-order valence-electron chi connectivity index (χ0n) is 17.9. The molecule has 2 amide bonds. The van der Waals surface area contributed by atoms with E-state index in [2.05, 4.69) is 20.6 Å². The molecule has 0 fully saturated rings. The molecule has 1 aliphatic heterocycles. The number of aryl methyl sites for hydroxylation is 1. The van der Waals surface area contributed by atoms with E-state index in [4.69, 9.17) is 11.6 Å². The van der Waals surface area contributed by atoms with Gasteiger partial charge in [0, 0.05) is 22.6 Å².